The van der Waals surface area contributed by atoms with E-state index in [1.54, 1.807) is 30.1 Å². The number of nitrogens with one attached hydrogen (secondary N) is 1. The Bertz CT molecular complexity index is 634. The molecule has 1 aromatic carbocycles. The molecule has 0 spiro atoms. The first-order valence-corrected chi connectivity index (χ1v) is 6.16. The van der Waals surface area contributed by atoms with Gasteiger partial charge in [0, 0.05) is 25.4 Å². The van der Waals surface area contributed by atoms with E-state index in [0.717, 1.165) is 5.56 Å². The number of carboxylic acids is 1. The lowest BCUT2D eigenvalue weighted by molar-refractivity contribution is -0.136. The van der Waals surface area contributed by atoms with Gasteiger partial charge in [-0.1, -0.05) is 18.2 Å². The summed E-state index contributed by atoms with van der Waals surface area (Å²) in [6.07, 6.45) is 3.50. The number of benzene rings is 1. The minimum Gasteiger partial charge on any atom is -0.481 e. The number of aliphatic carboxylic acids is 1. The monoisotopic (exact) mass is 273 g/mol. The van der Waals surface area contributed by atoms with E-state index < -0.39 is 5.97 Å². The number of carbonyl (C=O) groups is 2. The van der Waals surface area contributed by atoms with Gasteiger partial charge < -0.3 is 10.4 Å². The fraction of sp³-hybridized carbons (Fsp3) is 0.214. The Kier molecular flexibility index (Phi) is 4.14. The molecule has 0 aliphatic carbocycles. The Labute approximate surface area is 116 Å². The molecule has 0 saturated heterocycles. The average molecular weight is 273 g/mol. The first-order valence-electron chi connectivity index (χ1n) is 6.16. The molecule has 0 fully saturated rings. The van der Waals surface area contributed by atoms with Crippen molar-refractivity contribution in [3.8, 4) is 0 Å². The second-order valence-corrected chi connectivity index (χ2v) is 4.41. The van der Waals surface area contributed by atoms with Crippen LogP contribution in [0.15, 0.2) is 36.7 Å². The number of hydrogen-bond acceptors (Lipinski definition) is 3. The van der Waals surface area contributed by atoms with Crippen LogP contribution in [0.2, 0.25) is 0 Å². The van der Waals surface area contributed by atoms with Crippen LogP contribution in [-0.2, 0) is 18.3 Å². The van der Waals surface area contributed by atoms with Crippen molar-refractivity contribution in [2.45, 2.75) is 12.8 Å². The first-order chi connectivity index (χ1) is 9.56. The molecule has 0 aliphatic heterocycles. The summed E-state index contributed by atoms with van der Waals surface area (Å²) in [4.78, 5) is 22.7. The lowest BCUT2D eigenvalue weighted by atomic mass is 10.1. The predicted molar refractivity (Wildman–Crippen MR) is 73.6 cm³/mol. The smallest absolute Gasteiger partial charge is 0.303 e. The molecule has 0 saturated carbocycles. The summed E-state index contributed by atoms with van der Waals surface area (Å²) >= 11 is 0. The SMILES string of the molecule is Cn1cc(C(=O)Nc2ccccc2CCC(=O)O)cn1. The molecule has 2 N–H and O–H groups in total. The molecule has 0 atom stereocenters. The van der Waals surface area contributed by atoms with Crippen molar-refractivity contribution < 1.29 is 14.7 Å². The maximum atomic E-state index is 12.0. The van der Waals surface area contributed by atoms with Crippen LogP contribution < -0.4 is 5.32 Å². The first kappa shape index (κ1) is 13.8. The zero-order valence-electron chi connectivity index (χ0n) is 11.0. The summed E-state index contributed by atoms with van der Waals surface area (Å²) in [6.45, 7) is 0. The van der Waals surface area contributed by atoms with Crippen LogP contribution in [0.1, 0.15) is 22.3 Å². The molecule has 2 aromatic rings. The van der Waals surface area contributed by atoms with Gasteiger partial charge in [-0.2, -0.15) is 5.10 Å². The largest absolute Gasteiger partial charge is 0.481 e. The molecule has 0 bridgehead atoms. The van der Waals surface area contributed by atoms with E-state index in [2.05, 4.69) is 10.4 Å². The van der Waals surface area contributed by atoms with Crippen molar-refractivity contribution in [3.05, 3.63) is 47.8 Å². The lowest BCUT2D eigenvalue weighted by Crippen LogP contribution is -2.13. The second kappa shape index (κ2) is 6.01. The van der Waals surface area contributed by atoms with Crippen molar-refractivity contribution >= 4 is 17.6 Å². The molecule has 0 radical (unpaired) electrons. The molecule has 1 aromatic heterocycles. The zero-order chi connectivity index (χ0) is 14.5. The van der Waals surface area contributed by atoms with Crippen LogP contribution in [-0.4, -0.2) is 26.8 Å². The number of nitrogens with zero attached hydrogens (tertiary/aromatic N) is 2. The van der Waals surface area contributed by atoms with Crippen LogP contribution in [0.25, 0.3) is 0 Å². The Balaban J connectivity index is 2.12. The van der Waals surface area contributed by atoms with E-state index in [4.69, 9.17) is 5.11 Å². The van der Waals surface area contributed by atoms with Gasteiger partial charge in [-0.25, -0.2) is 0 Å². The number of amides is 1. The average Bonchev–Trinajstić information content (AvgIpc) is 2.84. The van der Waals surface area contributed by atoms with Gasteiger partial charge >= 0.3 is 5.97 Å². The molecule has 1 heterocycles. The number of aryl methyl sites for hydroxylation is 2. The minimum atomic E-state index is -0.863. The summed E-state index contributed by atoms with van der Waals surface area (Å²) < 4.78 is 1.55. The van der Waals surface area contributed by atoms with Crippen LogP contribution >= 0.6 is 0 Å². The third kappa shape index (κ3) is 3.44. The fourth-order valence-corrected chi connectivity index (χ4v) is 1.83. The molecule has 104 valence electrons. The number of anilines is 1. The van der Waals surface area contributed by atoms with Crippen molar-refractivity contribution in [2.75, 3.05) is 5.32 Å². The zero-order valence-corrected chi connectivity index (χ0v) is 11.0. The van der Waals surface area contributed by atoms with Crippen molar-refractivity contribution in [1.82, 2.24) is 9.78 Å². The number of hydrogen-bond donors (Lipinski definition) is 2. The van der Waals surface area contributed by atoms with E-state index >= 15 is 0 Å². The molecule has 1 amide bonds. The van der Waals surface area contributed by atoms with Gasteiger partial charge in [0.1, 0.15) is 0 Å². The number of carboxylic acid groups (broad SMARTS) is 1. The Morgan fingerprint density at radius 2 is 2.10 bits per heavy atom. The second-order valence-electron chi connectivity index (χ2n) is 4.41. The van der Waals surface area contributed by atoms with Gasteiger partial charge in [0.2, 0.25) is 0 Å². The van der Waals surface area contributed by atoms with Crippen LogP contribution in [0.4, 0.5) is 5.69 Å². The summed E-state index contributed by atoms with van der Waals surface area (Å²) in [7, 11) is 1.73. The molecular weight excluding hydrogens is 258 g/mol. The topological polar surface area (TPSA) is 84.2 Å². The normalized spacial score (nSPS) is 10.2. The molecule has 6 nitrogen and oxygen atoms in total. The van der Waals surface area contributed by atoms with Gasteiger partial charge in [0.05, 0.1) is 11.8 Å². The molecule has 6 heteroatoms. The van der Waals surface area contributed by atoms with E-state index in [0.29, 0.717) is 17.7 Å². The molecule has 20 heavy (non-hydrogen) atoms. The highest BCUT2D eigenvalue weighted by molar-refractivity contribution is 6.04. The van der Waals surface area contributed by atoms with Crippen LogP contribution in [0.3, 0.4) is 0 Å². The van der Waals surface area contributed by atoms with Gasteiger partial charge in [-0.15, -0.1) is 0 Å². The predicted octanol–water partition coefficient (Wildman–Crippen LogP) is 1.69. The van der Waals surface area contributed by atoms with E-state index in [1.807, 2.05) is 12.1 Å². The molecule has 0 aliphatic rings. The summed E-state index contributed by atoms with van der Waals surface area (Å²) in [6, 6.07) is 7.17. The van der Waals surface area contributed by atoms with Gasteiger partial charge in [-0.3, -0.25) is 14.3 Å². The lowest BCUT2D eigenvalue weighted by Gasteiger charge is -2.09. The summed E-state index contributed by atoms with van der Waals surface area (Å²) in [5.74, 6) is -1.13. The molecule has 2 rings (SSSR count). The number of para-hydroxylation sites is 1. The van der Waals surface area contributed by atoms with Crippen molar-refractivity contribution in [1.29, 1.82) is 0 Å². The third-order valence-electron chi connectivity index (χ3n) is 2.84. The summed E-state index contributed by atoms with van der Waals surface area (Å²) in [5.41, 5.74) is 1.88. The third-order valence-corrected chi connectivity index (χ3v) is 2.84. The Hall–Kier alpha value is -2.63. The van der Waals surface area contributed by atoms with Crippen molar-refractivity contribution in [2.24, 2.45) is 7.05 Å². The van der Waals surface area contributed by atoms with E-state index in [-0.39, 0.29) is 12.3 Å². The Morgan fingerprint density at radius 1 is 1.35 bits per heavy atom. The van der Waals surface area contributed by atoms with Crippen LogP contribution in [0.5, 0.6) is 0 Å². The number of aromatic nitrogens is 2. The van der Waals surface area contributed by atoms with Gasteiger partial charge in [-0.05, 0) is 18.1 Å². The highest BCUT2D eigenvalue weighted by Crippen LogP contribution is 2.17. The van der Waals surface area contributed by atoms with Gasteiger partial charge in [0.15, 0.2) is 0 Å². The maximum absolute atomic E-state index is 12.0. The van der Waals surface area contributed by atoms with Crippen LogP contribution in [0, 0.1) is 0 Å². The Morgan fingerprint density at radius 3 is 2.75 bits per heavy atom. The van der Waals surface area contributed by atoms with E-state index in [1.165, 1.54) is 6.20 Å². The fourth-order valence-electron chi connectivity index (χ4n) is 1.83. The highest BCUT2D eigenvalue weighted by Gasteiger charge is 2.11. The number of rotatable bonds is 5. The summed E-state index contributed by atoms with van der Waals surface area (Å²) in [5, 5.41) is 15.4. The number of carbonyl (C=O) groups excluding carboxylic acids is 1. The standard InChI is InChI=1S/C14H15N3O3/c1-17-9-11(8-15-17)14(20)16-12-5-3-2-4-10(12)6-7-13(18)19/h2-5,8-9H,6-7H2,1H3,(H,16,20)(H,18,19). The van der Waals surface area contributed by atoms with Gasteiger partial charge in [0.25, 0.3) is 5.91 Å². The van der Waals surface area contributed by atoms with E-state index in [9.17, 15) is 9.59 Å². The molecular formula is C14H15N3O3. The maximum Gasteiger partial charge on any atom is 0.303 e. The van der Waals surface area contributed by atoms with Crippen molar-refractivity contribution in [3.63, 3.8) is 0 Å². The molecule has 0 unspecified atom stereocenters. The highest BCUT2D eigenvalue weighted by atomic mass is 16.4. The minimum absolute atomic E-state index is 0.0276. The quantitative estimate of drug-likeness (QED) is 0.868.